The maximum atomic E-state index is 2.00. The molecule has 0 amide bonds. The van der Waals surface area contributed by atoms with Gasteiger partial charge in [-0.25, -0.2) is 0 Å². The van der Waals surface area contributed by atoms with Crippen molar-refractivity contribution in [1.29, 1.82) is 0 Å². The van der Waals surface area contributed by atoms with E-state index in [9.17, 15) is 0 Å². The van der Waals surface area contributed by atoms with Gasteiger partial charge in [0.05, 0.1) is 0 Å². The van der Waals surface area contributed by atoms with Crippen molar-refractivity contribution < 1.29 is 0 Å². The van der Waals surface area contributed by atoms with Gasteiger partial charge >= 0.3 is 0 Å². The van der Waals surface area contributed by atoms with Crippen molar-refractivity contribution >= 4 is 84.9 Å². The number of rotatable bonds is 0. The predicted molar refractivity (Wildman–Crippen MR) is 63.0 cm³/mol. The molecule has 0 saturated carbocycles. The molecule has 0 radical (unpaired) electrons. The zero-order valence-corrected chi connectivity index (χ0v) is 12.6. The van der Waals surface area contributed by atoms with E-state index in [-0.39, 0.29) is 84.9 Å². The molecule has 0 rings (SSSR count). The molecule has 0 N–H and O–H groups in total. The molecule has 0 aliphatic carbocycles. The van der Waals surface area contributed by atoms with E-state index in [2.05, 4.69) is 0 Å². The molecule has 0 spiro atoms. The highest BCUT2D eigenvalue weighted by molar-refractivity contribution is 8.93. The van der Waals surface area contributed by atoms with E-state index in [1.54, 1.807) is 0 Å². The van der Waals surface area contributed by atoms with Crippen molar-refractivity contribution in [3.05, 3.63) is 0 Å². The zero-order chi connectivity index (χ0) is 2.00. The van der Waals surface area contributed by atoms with Gasteiger partial charge in [-0.2, -0.15) is 0 Å². The van der Waals surface area contributed by atoms with Gasteiger partial charge in [0.1, 0.15) is 0 Å². The van der Waals surface area contributed by atoms with E-state index < -0.39 is 0 Å². The highest BCUT2D eigenvalue weighted by Crippen LogP contribution is 1.14. The Morgan fingerprint density at radius 2 is 0.429 bits per heavy atom. The van der Waals surface area contributed by atoms with Gasteiger partial charge in [-0.1, -0.05) is 13.8 Å². The molecule has 0 nitrogen and oxygen atoms in total. The molecule has 0 unspecified atom stereocenters. The molecule has 0 aromatic carbocycles. The largest absolute Gasteiger partial charge is 0.114 e. The maximum Gasteiger partial charge on any atom is -0.0683 e. The number of hydrogen-bond donors (Lipinski definition) is 0. The quantitative estimate of drug-likeness (QED) is 0.542. The molecule has 0 fully saturated rings. The standard InChI is InChI=1S/C2H6.5BrH/c1-2;;;;;/h1-2H3;5*1H. The Morgan fingerprint density at radius 1 is 0.429 bits per heavy atom. The van der Waals surface area contributed by atoms with Crippen molar-refractivity contribution in [2.24, 2.45) is 0 Å². The summed E-state index contributed by atoms with van der Waals surface area (Å²) in [6.07, 6.45) is 0. The minimum atomic E-state index is 0. The first kappa shape index (κ1) is 57.4. The lowest BCUT2D eigenvalue weighted by atomic mass is 11.0. The fourth-order valence-electron chi connectivity index (χ4n) is 0. The monoisotopic (exact) mass is 430 g/mol. The lowest BCUT2D eigenvalue weighted by Gasteiger charge is -1.07. The van der Waals surface area contributed by atoms with Crippen molar-refractivity contribution in [2.75, 3.05) is 0 Å². The average molecular weight is 435 g/mol. The molecule has 5 heteroatoms. The minimum absolute atomic E-state index is 0. The topological polar surface area (TPSA) is 0 Å². The third-order valence-electron chi connectivity index (χ3n) is 0. The highest BCUT2D eigenvalue weighted by atomic mass is 79.9. The van der Waals surface area contributed by atoms with Crippen LogP contribution in [0.5, 0.6) is 0 Å². The molecule has 0 aromatic rings. The van der Waals surface area contributed by atoms with Gasteiger partial charge in [-0.15, -0.1) is 84.9 Å². The average Bonchev–Trinajstić information content (AvgIpc) is 1.00. The smallest absolute Gasteiger partial charge is 0.0683 e. The SMILES string of the molecule is Br.Br.Br.Br.Br.CC. The second-order valence-corrected chi connectivity index (χ2v) is 0. The van der Waals surface area contributed by atoms with Crippen LogP contribution in [0.2, 0.25) is 0 Å². The van der Waals surface area contributed by atoms with Crippen LogP contribution < -0.4 is 0 Å². The summed E-state index contributed by atoms with van der Waals surface area (Å²) < 4.78 is 0. The molecule has 7 heavy (non-hydrogen) atoms. The fourth-order valence-corrected chi connectivity index (χ4v) is 0. The summed E-state index contributed by atoms with van der Waals surface area (Å²) in [7, 11) is 0. The summed E-state index contributed by atoms with van der Waals surface area (Å²) in [6, 6.07) is 0. The van der Waals surface area contributed by atoms with E-state index in [4.69, 9.17) is 0 Å². The zero-order valence-electron chi connectivity index (χ0n) is 4.04. The second kappa shape index (κ2) is 79.9. The Morgan fingerprint density at radius 3 is 0.429 bits per heavy atom. The van der Waals surface area contributed by atoms with Gasteiger partial charge in [0.2, 0.25) is 0 Å². The fraction of sp³-hybridized carbons (Fsp3) is 1.00. The summed E-state index contributed by atoms with van der Waals surface area (Å²) >= 11 is 0. The minimum Gasteiger partial charge on any atom is -0.114 e. The van der Waals surface area contributed by atoms with E-state index >= 15 is 0 Å². The van der Waals surface area contributed by atoms with E-state index in [0.717, 1.165) is 0 Å². The van der Waals surface area contributed by atoms with E-state index in [1.807, 2.05) is 13.8 Å². The summed E-state index contributed by atoms with van der Waals surface area (Å²) in [5.41, 5.74) is 0. The van der Waals surface area contributed by atoms with Crippen molar-refractivity contribution in [2.45, 2.75) is 13.8 Å². The number of halogens is 5. The Bertz CT molecular complexity index is 6.04. The number of hydrogen-bond acceptors (Lipinski definition) is 0. The van der Waals surface area contributed by atoms with Crippen molar-refractivity contribution in [3.63, 3.8) is 0 Å². The molecule has 0 atom stereocenters. The first-order valence-corrected chi connectivity index (χ1v) is 1.00. The van der Waals surface area contributed by atoms with Crippen molar-refractivity contribution in [3.8, 4) is 0 Å². The third kappa shape index (κ3) is 59.7. The van der Waals surface area contributed by atoms with Gasteiger partial charge in [-0.05, 0) is 0 Å². The van der Waals surface area contributed by atoms with Crippen LogP contribution in [0.3, 0.4) is 0 Å². The van der Waals surface area contributed by atoms with Gasteiger partial charge in [0, 0.05) is 0 Å². The Hall–Kier alpha value is 2.40. The maximum absolute atomic E-state index is 2.00. The van der Waals surface area contributed by atoms with Crippen molar-refractivity contribution in [1.82, 2.24) is 0 Å². The summed E-state index contributed by atoms with van der Waals surface area (Å²) in [5, 5.41) is 0. The van der Waals surface area contributed by atoms with Crippen LogP contribution in [-0.2, 0) is 0 Å². The first-order valence-electron chi connectivity index (χ1n) is 1.00. The summed E-state index contributed by atoms with van der Waals surface area (Å²) in [5.74, 6) is 0. The van der Waals surface area contributed by atoms with Crippen LogP contribution in [0.25, 0.3) is 0 Å². The molecule has 0 aliphatic rings. The third-order valence-corrected chi connectivity index (χ3v) is 0. The first-order chi connectivity index (χ1) is 1.00. The predicted octanol–water partition coefficient (Wildman–Crippen LogP) is 3.92. The van der Waals surface area contributed by atoms with E-state index in [1.165, 1.54) is 0 Å². The molecule has 0 heterocycles. The van der Waals surface area contributed by atoms with Crippen LogP contribution in [0.15, 0.2) is 0 Å². The van der Waals surface area contributed by atoms with Crippen LogP contribution in [0.1, 0.15) is 13.8 Å². The summed E-state index contributed by atoms with van der Waals surface area (Å²) in [6.45, 7) is 4.00. The molecule has 0 bridgehead atoms. The normalized spacial score (nSPS) is 0.857. The lowest BCUT2D eigenvalue weighted by Crippen LogP contribution is -0.856. The Kier molecular flexibility index (Phi) is 655. The molecule has 0 aromatic heterocycles. The Labute approximate surface area is 97.7 Å². The molecular weight excluding hydrogens is 424 g/mol. The molecule has 54 valence electrons. The highest BCUT2D eigenvalue weighted by Gasteiger charge is 0.932. The Balaban J connectivity index is -0.000000000500. The van der Waals surface area contributed by atoms with Crippen LogP contribution >= 0.6 is 84.9 Å². The van der Waals surface area contributed by atoms with E-state index in [0.29, 0.717) is 0 Å². The van der Waals surface area contributed by atoms with Gasteiger partial charge in [0.15, 0.2) is 0 Å². The molecular formula is C2H11Br5. The van der Waals surface area contributed by atoms with Crippen LogP contribution in [0.4, 0.5) is 0 Å². The van der Waals surface area contributed by atoms with Crippen LogP contribution in [0, 0.1) is 0 Å². The lowest BCUT2D eigenvalue weighted by molar-refractivity contribution is 1.50. The molecule has 0 aliphatic heterocycles. The molecule has 0 saturated heterocycles. The van der Waals surface area contributed by atoms with Gasteiger partial charge in [-0.3, -0.25) is 0 Å². The summed E-state index contributed by atoms with van der Waals surface area (Å²) in [4.78, 5) is 0. The van der Waals surface area contributed by atoms with Crippen LogP contribution in [-0.4, -0.2) is 0 Å². The van der Waals surface area contributed by atoms with Gasteiger partial charge < -0.3 is 0 Å². The van der Waals surface area contributed by atoms with Gasteiger partial charge in [0.25, 0.3) is 0 Å². The second-order valence-electron chi connectivity index (χ2n) is 0.